The van der Waals surface area contributed by atoms with Gasteiger partial charge in [0.05, 0.1) is 13.2 Å². The standard InChI is InChI=1S/C29H47N9O8/c1-5-16(2)24(38-26(44)21(35-17(3)40)13-18-8-10-19(41)11-9-18)28(46)34-14-23(42)36-22(15-39)27(45)37-20(25(43)32-4)7-6-12-33-29(30)31/h8-11,16,20-22,24,39,41H,5-7,12-15H2,1-4H3,(H,32,43)(H,34,46)(H,35,40)(H,36,42)(H,37,45)(H,38,44)(H4,30,31,33)/t16-,20-,21-,22-,24-/m0/s1. The summed E-state index contributed by atoms with van der Waals surface area (Å²) in [5, 5.41) is 34.1. The molecule has 256 valence electrons. The first-order valence-corrected chi connectivity index (χ1v) is 14.8. The number of hydrogen-bond donors (Lipinski definition) is 10. The third kappa shape index (κ3) is 14.2. The maximum atomic E-state index is 13.2. The first-order valence-electron chi connectivity index (χ1n) is 14.8. The van der Waals surface area contributed by atoms with Crippen molar-refractivity contribution in [3.05, 3.63) is 29.8 Å². The van der Waals surface area contributed by atoms with Crippen LogP contribution in [0.25, 0.3) is 0 Å². The van der Waals surface area contributed by atoms with Crippen molar-refractivity contribution in [2.45, 2.75) is 70.6 Å². The highest BCUT2D eigenvalue weighted by Crippen LogP contribution is 2.13. The number of carbonyl (C=O) groups excluding carboxylic acids is 6. The number of aromatic hydroxyl groups is 1. The molecule has 0 heterocycles. The number of phenolic OH excluding ortho intramolecular Hbond substituents is 1. The second-order valence-electron chi connectivity index (χ2n) is 10.6. The number of guanidine groups is 1. The number of benzene rings is 1. The van der Waals surface area contributed by atoms with Gasteiger partial charge in [0.25, 0.3) is 0 Å². The SMILES string of the molecule is CC[C@H](C)[C@H](NC(=O)[C@H](Cc1ccc(O)cc1)NC(C)=O)C(=O)NCC(=O)N[C@@H](CO)C(=O)N[C@@H](CCCN=C(N)N)C(=O)NC. The molecule has 0 aliphatic heterocycles. The van der Waals surface area contributed by atoms with Crippen LogP contribution in [0.5, 0.6) is 5.75 Å². The van der Waals surface area contributed by atoms with Gasteiger partial charge in [0.2, 0.25) is 35.4 Å². The lowest BCUT2D eigenvalue weighted by atomic mass is 9.97. The molecule has 0 spiro atoms. The second kappa shape index (κ2) is 20.2. The van der Waals surface area contributed by atoms with Crippen LogP contribution in [0.3, 0.4) is 0 Å². The Balaban J connectivity index is 2.85. The normalized spacial score (nSPS) is 13.8. The van der Waals surface area contributed by atoms with Crippen LogP contribution in [0.2, 0.25) is 0 Å². The lowest BCUT2D eigenvalue weighted by Crippen LogP contribution is -2.58. The van der Waals surface area contributed by atoms with Crippen molar-refractivity contribution in [3.63, 3.8) is 0 Å². The number of nitrogens with one attached hydrogen (secondary N) is 6. The van der Waals surface area contributed by atoms with Gasteiger partial charge < -0.3 is 53.6 Å². The number of hydrogen-bond acceptors (Lipinski definition) is 9. The molecular formula is C29H47N9O8. The van der Waals surface area contributed by atoms with Crippen molar-refractivity contribution in [2.75, 3.05) is 26.7 Å². The molecule has 46 heavy (non-hydrogen) atoms. The van der Waals surface area contributed by atoms with Crippen molar-refractivity contribution in [1.82, 2.24) is 31.9 Å². The lowest BCUT2D eigenvalue weighted by Gasteiger charge is -2.26. The minimum Gasteiger partial charge on any atom is -0.508 e. The van der Waals surface area contributed by atoms with E-state index in [1.165, 1.54) is 26.1 Å². The first-order chi connectivity index (χ1) is 21.7. The third-order valence-corrected chi connectivity index (χ3v) is 6.95. The predicted octanol–water partition coefficient (Wildman–Crippen LogP) is -3.15. The van der Waals surface area contributed by atoms with Gasteiger partial charge in [-0.25, -0.2) is 0 Å². The Bertz CT molecular complexity index is 1220. The molecule has 0 saturated heterocycles. The summed E-state index contributed by atoms with van der Waals surface area (Å²) in [5.74, 6) is -4.38. The van der Waals surface area contributed by atoms with Crippen molar-refractivity contribution in [1.29, 1.82) is 0 Å². The topological polar surface area (TPSA) is 279 Å². The Morgan fingerprint density at radius 3 is 2.04 bits per heavy atom. The summed E-state index contributed by atoms with van der Waals surface area (Å²) in [7, 11) is 1.39. The molecule has 17 nitrogen and oxygen atoms in total. The molecule has 1 aromatic rings. The third-order valence-electron chi connectivity index (χ3n) is 6.95. The zero-order valence-electron chi connectivity index (χ0n) is 26.6. The predicted molar refractivity (Wildman–Crippen MR) is 169 cm³/mol. The molecule has 0 aliphatic rings. The average molecular weight is 650 g/mol. The van der Waals surface area contributed by atoms with E-state index in [9.17, 15) is 39.0 Å². The van der Waals surface area contributed by atoms with Gasteiger partial charge in [-0.2, -0.15) is 0 Å². The molecule has 0 bridgehead atoms. The summed E-state index contributed by atoms with van der Waals surface area (Å²) in [6.07, 6.45) is 1.10. The maximum Gasteiger partial charge on any atom is 0.245 e. The summed E-state index contributed by atoms with van der Waals surface area (Å²) in [5.41, 5.74) is 11.2. The molecule has 12 N–H and O–H groups in total. The summed E-state index contributed by atoms with van der Waals surface area (Å²) in [4.78, 5) is 79.6. The Morgan fingerprint density at radius 1 is 0.870 bits per heavy atom. The number of nitrogens with two attached hydrogens (primary N) is 2. The minimum absolute atomic E-state index is 0.0387. The number of nitrogens with zero attached hydrogens (tertiary/aromatic N) is 1. The van der Waals surface area contributed by atoms with Crippen molar-refractivity contribution >= 4 is 41.4 Å². The molecule has 6 amide bonds. The Kier molecular flexibility index (Phi) is 17.1. The van der Waals surface area contributed by atoms with Gasteiger partial charge in [0, 0.05) is 26.9 Å². The molecule has 17 heteroatoms. The van der Waals surface area contributed by atoms with Crippen LogP contribution in [0, 0.1) is 5.92 Å². The largest absolute Gasteiger partial charge is 0.508 e. The first kappa shape index (κ1) is 39.1. The number of aliphatic hydroxyl groups is 1. The van der Waals surface area contributed by atoms with Crippen LogP contribution in [0.1, 0.15) is 45.6 Å². The molecule has 5 atom stereocenters. The van der Waals surface area contributed by atoms with E-state index in [4.69, 9.17) is 11.5 Å². The van der Waals surface area contributed by atoms with Gasteiger partial charge in [0.1, 0.15) is 29.9 Å². The van der Waals surface area contributed by atoms with Gasteiger partial charge in [-0.15, -0.1) is 0 Å². The van der Waals surface area contributed by atoms with E-state index in [-0.39, 0.29) is 37.0 Å². The van der Waals surface area contributed by atoms with E-state index in [2.05, 4.69) is 36.9 Å². The molecule has 1 rings (SSSR count). The van der Waals surface area contributed by atoms with Gasteiger partial charge in [-0.05, 0) is 36.5 Å². The van der Waals surface area contributed by atoms with Crippen LogP contribution in [0.15, 0.2) is 29.3 Å². The molecule has 0 aliphatic carbocycles. The van der Waals surface area contributed by atoms with Gasteiger partial charge in [-0.3, -0.25) is 33.8 Å². The highest BCUT2D eigenvalue weighted by atomic mass is 16.3. The molecule has 0 aromatic heterocycles. The summed E-state index contributed by atoms with van der Waals surface area (Å²) >= 11 is 0. The van der Waals surface area contributed by atoms with Gasteiger partial charge >= 0.3 is 0 Å². The van der Waals surface area contributed by atoms with Gasteiger partial charge in [-0.1, -0.05) is 32.4 Å². The van der Waals surface area contributed by atoms with Gasteiger partial charge in [0.15, 0.2) is 5.96 Å². The van der Waals surface area contributed by atoms with E-state index in [1.807, 2.05) is 6.92 Å². The quantitative estimate of drug-likeness (QED) is 0.0408. The van der Waals surface area contributed by atoms with E-state index in [1.54, 1.807) is 19.1 Å². The van der Waals surface area contributed by atoms with Crippen molar-refractivity contribution in [2.24, 2.45) is 22.4 Å². The minimum atomic E-state index is -1.43. The zero-order valence-corrected chi connectivity index (χ0v) is 26.6. The highest BCUT2D eigenvalue weighted by molar-refractivity contribution is 5.95. The number of aliphatic imine (C=N–C) groups is 1. The fourth-order valence-electron chi connectivity index (χ4n) is 4.21. The van der Waals surface area contributed by atoms with Crippen molar-refractivity contribution in [3.8, 4) is 5.75 Å². The van der Waals surface area contributed by atoms with E-state index >= 15 is 0 Å². The summed E-state index contributed by atoms with van der Waals surface area (Å²) in [6, 6.07) is 1.56. The fourth-order valence-corrected chi connectivity index (χ4v) is 4.21. The smallest absolute Gasteiger partial charge is 0.245 e. The fraction of sp³-hybridized carbons (Fsp3) is 0.552. The molecule has 0 unspecified atom stereocenters. The molecular weight excluding hydrogens is 602 g/mol. The number of phenols is 1. The Hall–Kier alpha value is -4.93. The average Bonchev–Trinajstić information content (AvgIpc) is 3.01. The summed E-state index contributed by atoms with van der Waals surface area (Å²) < 4.78 is 0. The van der Waals surface area contributed by atoms with E-state index in [0.717, 1.165) is 0 Å². The second-order valence-corrected chi connectivity index (χ2v) is 10.6. The monoisotopic (exact) mass is 649 g/mol. The van der Waals surface area contributed by atoms with Crippen LogP contribution < -0.4 is 43.4 Å². The number of likely N-dealkylation sites (N-methyl/N-ethyl adjacent to an activating group) is 1. The Morgan fingerprint density at radius 2 is 1.50 bits per heavy atom. The molecule has 0 fully saturated rings. The zero-order chi connectivity index (χ0) is 34.8. The number of aliphatic hydroxyl groups excluding tert-OH is 1. The van der Waals surface area contributed by atoms with Crippen LogP contribution in [0.4, 0.5) is 0 Å². The van der Waals surface area contributed by atoms with Crippen LogP contribution >= 0.6 is 0 Å². The lowest BCUT2D eigenvalue weighted by molar-refractivity contribution is -0.134. The van der Waals surface area contributed by atoms with E-state index in [0.29, 0.717) is 18.4 Å². The molecule has 0 saturated carbocycles. The van der Waals surface area contributed by atoms with Crippen molar-refractivity contribution < 1.29 is 39.0 Å². The maximum absolute atomic E-state index is 13.2. The highest BCUT2D eigenvalue weighted by Gasteiger charge is 2.31. The molecule has 1 aromatic carbocycles. The number of rotatable bonds is 19. The number of amides is 6. The summed E-state index contributed by atoms with van der Waals surface area (Å²) in [6.45, 7) is 3.62. The van der Waals surface area contributed by atoms with Crippen LogP contribution in [-0.2, 0) is 35.2 Å². The van der Waals surface area contributed by atoms with Crippen LogP contribution in [-0.4, -0.2) is 103 Å². The van der Waals surface area contributed by atoms with E-state index < -0.39 is 72.8 Å². The Labute approximate surface area is 267 Å². The number of carbonyl (C=O) groups is 6. The molecule has 0 radical (unpaired) electrons.